The topological polar surface area (TPSA) is 40.5 Å². The molecule has 0 aliphatic rings. The molecule has 0 radical (unpaired) electrons. The van der Waals surface area contributed by atoms with Crippen molar-refractivity contribution in [3.63, 3.8) is 0 Å². The number of hydrogen-bond donors (Lipinski definition) is 2. The molecular weight excluding hydrogens is 104 g/mol. The molecule has 0 aliphatic heterocycles. The lowest BCUT2D eigenvalue weighted by molar-refractivity contribution is 0.223. The van der Waals surface area contributed by atoms with E-state index in [0.29, 0.717) is 6.42 Å². The Morgan fingerprint density at radius 1 is 1.50 bits per heavy atom. The Hall–Kier alpha value is -0.0800. The maximum absolute atomic E-state index is 8.67. The van der Waals surface area contributed by atoms with Crippen LogP contribution < -0.4 is 0 Å². The van der Waals surface area contributed by atoms with Gasteiger partial charge in [-0.15, -0.1) is 0 Å². The molecule has 0 aliphatic carbocycles. The lowest BCUT2D eigenvalue weighted by atomic mass is 10.1. The summed E-state index contributed by atoms with van der Waals surface area (Å²) >= 11 is 0. The van der Waals surface area contributed by atoms with Crippen LogP contribution in [0.15, 0.2) is 0 Å². The standard InChI is InChI=1S/C6H14O2/c1-6(2-4-7)3-5-8/h6-8H,2-5H2,1H3/i4D2. The van der Waals surface area contributed by atoms with Gasteiger partial charge in [0.25, 0.3) is 0 Å². The summed E-state index contributed by atoms with van der Waals surface area (Å²) < 4.78 is 13.6. The molecular formula is C6H14O2. The Balaban J connectivity index is 3.47. The fourth-order valence-electron chi connectivity index (χ4n) is 0.478. The van der Waals surface area contributed by atoms with Crippen molar-refractivity contribution in [2.45, 2.75) is 19.8 Å². The van der Waals surface area contributed by atoms with Crippen molar-refractivity contribution >= 4 is 0 Å². The SMILES string of the molecule is [2H]C([2H])(O)CC(C)CCO. The Labute approximate surface area is 53.0 Å². The summed E-state index contributed by atoms with van der Waals surface area (Å²) in [5, 5.41) is 17.1. The minimum absolute atomic E-state index is 0.0324. The molecule has 0 aromatic heterocycles. The second-order valence-electron chi connectivity index (χ2n) is 1.98. The quantitative estimate of drug-likeness (QED) is 0.563. The summed E-state index contributed by atoms with van der Waals surface area (Å²) in [5.74, 6) is 0.0324. The predicted molar refractivity (Wildman–Crippen MR) is 32.6 cm³/mol. The zero-order valence-electron chi connectivity index (χ0n) is 7.09. The van der Waals surface area contributed by atoms with Crippen LogP contribution in [0, 0.1) is 5.92 Å². The Bertz CT molecular complexity index is 90.2. The van der Waals surface area contributed by atoms with Crippen molar-refractivity contribution in [3.8, 4) is 0 Å². The van der Waals surface area contributed by atoms with Gasteiger partial charge in [0.05, 0.1) is 2.74 Å². The third-order valence-electron chi connectivity index (χ3n) is 1.06. The van der Waals surface area contributed by atoms with Gasteiger partial charge in [0.1, 0.15) is 0 Å². The van der Waals surface area contributed by atoms with Gasteiger partial charge in [-0.1, -0.05) is 6.92 Å². The average Bonchev–Trinajstić information content (AvgIpc) is 1.59. The van der Waals surface area contributed by atoms with Gasteiger partial charge in [-0.3, -0.25) is 0 Å². The van der Waals surface area contributed by atoms with E-state index in [0.717, 1.165) is 0 Å². The van der Waals surface area contributed by atoms with Gasteiger partial charge in [-0.25, -0.2) is 0 Å². The average molecular weight is 120 g/mol. The van der Waals surface area contributed by atoms with E-state index in [1.54, 1.807) is 6.92 Å². The Kier molecular flexibility index (Phi) is 3.02. The van der Waals surface area contributed by atoms with Crippen LogP contribution in [0.4, 0.5) is 0 Å². The molecule has 0 amide bonds. The van der Waals surface area contributed by atoms with Crippen LogP contribution in [0.1, 0.15) is 22.5 Å². The normalized spacial score (nSPS) is 19.4. The summed E-state index contributed by atoms with van der Waals surface area (Å²) in [6.07, 6.45) is 0.633. The van der Waals surface area contributed by atoms with Crippen LogP contribution in [0.3, 0.4) is 0 Å². The predicted octanol–water partition coefficient (Wildman–Crippen LogP) is 0.387. The summed E-state index contributed by atoms with van der Waals surface area (Å²) in [6, 6.07) is 0. The minimum atomic E-state index is -2.09. The Morgan fingerprint density at radius 2 is 2.12 bits per heavy atom. The fourth-order valence-corrected chi connectivity index (χ4v) is 0.478. The van der Waals surface area contributed by atoms with Gasteiger partial charge in [-0.05, 0) is 18.8 Å². The molecule has 0 aromatic rings. The highest BCUT2D eigenvalue weighted by molar-refractivity contribution is 4.49. The van der Waals surface area contributed by atoms with Gasteiger partial charge < -0.3 is 10.2 Å². The highest BCUT2D eigenvalue weighted by atomic mass is 16.3. The van der Waals surface area contributed by atoms with Gasteiger partial charge in [0, 0.05) is 13.2 Å². The maximum Gasteiger partial charge on any atom is 0.0564 e. The molecule has 2 nitrogen and oxygen atoms in total. The van der Waals surface area contributed by atoms with Gasteiger partial charge in [0.15, 0.2) is 0 Å². The molecule has 0 aromatic carbocycles. The van der Waals surface area contributed by atoms with E-state index in [9.17, 15) is 0 Å². The molecule has 0 heterocycles. The van der Waals surface area contributed by atoms with E-state index in [-0.39, 0.29) is 18.9 Å². The first-order valence-corrected chi connectivity index (χ1v) is 2.79. The molecule has 0 bridgehead atoms. The van der Waals surface area contributed by atoms with Crippen molar-refractivity contribution in [3.05, 3.63) is 0 Å². The van der Waals surface area contributed by atoms with Gasteiger partial charge in [-0.2, -0.15) is 0 Å². The van der Waals surface area contributed by atoms with E-state index in [1.807, 2.05) is 0 Å². The highest BCUT2D eigenvalue weighted by Gasteiger charge is 1.97. The van der Waals surface area contributed by atoms with Crippen molar-refractivity contribution in [2.24, 2.45) is 5.92 Å². The van der Waals surface area contributed by atoms with Gasteiger partial charge >= 0.3 is 0 Å². The van der Waals surface area contributed by atoms with E-state index in [4.69, 9.17) is 13.0 Å². The van der Waals surface area contributed by atoms with Crippen LogP contribution in [0.25, 0.3) is 0 Å². The summed E-state index contributed by atoms with van der Waals surface area (Å²) in [7, 11) is 0. The molecule has 2 N–H and O–H groups in total. The molecule has 0 saturated heterocycles. The molecule has 0 fully saturated rings. The van der Waals surface area contributed by atoms with Crippen LogP contribution in [-0.4, -0.2) is 23.4 Å². The third kappa shape index (κ3) is 4.09. The van der Waals surface area contributed by atoms with Crippen molar-refractivity contribution in [1.82, 2.24) is 0 Å². The molecule has 0 spiro atoms. The maximum atomic E-state index is 8.67. The van der Waals surface area contributed by atoms with Crippen LogP contribution in [-0.2, 0) is 0 Å². The van der Waals surface area contributed by atoms with Crippen LogP contribution in [0.5, 0.6) is 0 Å². The molecule has 50 valence electrons. The molecule has 0 rings (SSSR count). The summed E-state index contributed by atoms with van der Waals surface area (Å²) in [5.41, 5.74) is 0. The second kappa shape index (κ2) is 5.06. The molecule has 8 heavy (non-hydrogen) atoms. The third-order valence-corrected chi connectivity index (χ3v) is 1.06. The lowest BCUT2D eigenvalue weighted by Gasteiger charge is -2.04. The second-order valence-corrected chi connectivity index (χ2v) is 1.98. The first-order chi connectivity index (χ1) is 4.45. The van der Waals surface area contributed by atoms with Gasteiger partial charge in [0.2, 0.25) is 0 Å². The summed E-state index contributed by atoms with van der Waals surface area (Å²) in [6.45, 7) is -0.240. The number of rotatable bonds is 4. The smallest absolute Gasteiger partial charge is 0.0564 e. The molecule has 1 unspecified atom stereocenters. The van der Waals surface area contributed by atoms with E-state index in [2.05, 4.69) is 0 Å². The number of aliphatic hydroxyl groups is 2. The van der Waals surface area contributed by atoms with E-state index < -0.39 is 6.56 Å². The van der Waals surface area contributed by atoms with Crippen LogP contribution >= 0.6 is 0 Å². The number of aliphatic hydroxyl groups excluding tert-OH is 1. The largest absolute Gasteiger partial charge is 0.396 e. The van der Waals surface area contributed by atoms with Crippen molar-refractivity contribution < 1.29 is 13.0 Å². The van der Waals surface area contributed by atoms with E-state index >= 15 is 0 Å². The fraction of sp³-hybridized carbons (Fsp3) is 1.00. The zero-order chi connectivity index (χ0) is 8.20. The zero-order valence-corrected chi connectivity index (χ0v) is 5.09. The Morgan fingerprint density at radius 3 is 2.50 bits per heavy atom. The number of hydrogen-bond acceptors (Lipinski definition) is 2. The van der Waals surface area contributed by atoms with Crippen molar-refractivity contribution in [2.75, 3.05) is 13.2 Å². The first kappa shape index (κ1) is 4.77. The molecule has 1 atom stereocenters. The minimum Gasteiger partial charge on any atom is -0.396 e. The summed E-state index contributed by atoms with van der Waals surface area (Å²) in [4.78, 5) is 0. The van der Waals surface area contributed by atoms with Crippen LogP contribution in [0.2, 0.25) is 0 Å². The first-order valence-electron chi connectivity index (χ1n) is 3.79. The van der Waals surface area contributed by atoms with E-state index in [1.165, 1.54) is 0 Å². The highest BCUT2D eigenvalue weighted by Crippen LogP contribution is 2.03. The molecule has 2 heteroatoms. The molecule has 0 saturated carbocycles. The lowest BCUT2D eigenvalue weighted by Crippen LogP contribution is -1.99. The van der Waals surface area contributed by atoms with Crippen molar-refractivity contribution in [1.29, 1.82) is 0 Å². The monoisotopic (exact) mass is 120 g/mol.